The fourth-order valence-corrected chi connectivity index (χ4v) is 8.17. The van der Waals surface area contributed by atoms with E-state index in [-0.39, 0.29) is 23.0 Å². The quantitative estimate of drug-likeness (QED) is 0.159. The molecule has 4 N–H and O–H groups in total. The molecule has 4 aliphatic carbocycles. The van der Waals surface area contributed by atoms with Crippen LogP contribution in [0.2, 0.25) is 0 Å². The summed E-state index contributed by atoms with van der Waals surface area (Å²) in [6, 6.07) is 46.2. The molecule has 0 atom stereocenters. The van der Waals surface area contributed by atoms with Crippen molar-refractivity contribution >= 4 is 23.3 Å². The SMILES string of the molecule is Oc1ccc(C2(c3ccc(O)cc3)C=CC3=c4ccccc4=CC3=C2)cc1.Oc1ccc(C2(c3ccc(O)cc3)C=CC3=c4ccccc4=CC3=C2)cc1. The minimum absolute atomic E-state index is 0.249. The van der Waals surface area contributed by atoms with Crippen LogP contribution in [-0.2, 0) is 10.8 Å². The van der Waals surface area contributed by atoms with E-state index in [1.54, 1.807) is 48.5 Å². The van der Waals surface area contributed by atoms with Crippen molar-refractivity contribution < 1.29 is 20.4 Å². The molecule has 260 valence electrons. The summed E-state index contributed by atoms with van der Waals surface area (Å²) in [7, 11) is 0. The summed E-state index contributed by atoms with van der Waals surface area (Å²) in [6.07, 6.45) is 17.8. The summed E-state index contributed by atoms with van der Waals surface area (Å²) in [6.45, 7) is 0. The molecular formula is C50H36O4. The van der Waals surface area contributed by atoms with Crippen LogP contribution in [0, 0.1) is 0 Å². The van der Waals surface area contributed by atoms with Gasteiger partial charge in [0, 0.05) is 0 Å². The molecule has 10 rings (SSSR count). The number of hydrogen-bond donors (Lipinski definition) is 4. The van der Waals surface area contributed by atoms with E-state index >= 15 is 0 Å². The molecule has 4 nitrogen and oxygen atoms in total. The van der Waals surface area contributed by atoms with Gasteiger partial charge in [0.15, 0.2) is 0 Å². The number of fused-ring (bicyclic) bond motifs is 4. The van der Waals surface area contributed by atoms with Gasteiger partial charge in [0.05, 0.1) is 10.8 Å². The zero-order chi connectivity index (χ0) is 36.9. The van der Waals surface area contributed by atoms with Crippen molar-refractivity contribution in [2.24, 2.45) is 0 Å². The van der Waals surface area contributed by atoms with Crippen LogP contribution in [0.3, 0.4) is 0 Å². The molecule has 0 aromatic heterocycles. The van der Waals surface area contributed by atoms with Crippen LogP contribution in [0.4, 0.5) is 0 Å². The lowest BCUT2D eigenvalue weighted by Crippen LogP contribution is -2.26. The molecule has 0 bridgehead atoms. The highest BCUT2D eigenvalue weighted by Crippen LogP contribution is 2.44. The van der Waals surface area contributed by atoms with Crippen LogP contribution in [0.25, 0.3) is 23.3 Å². The summed E-state index contributed by atoms with van der Waals surface area (Å²) in [4.78, 5) is 0. The topological polar surface area (TPSA) is 80.9 Å². The number of benzene rings is 6. The molecule has 0 aliphatic heterocycles. The molecule has 0 radical (unpaired) electrons. The predicted molar refractivity (Wildman–Crippen MR) is 216 cm³/mol. The van der Waals surface area contributed by atoms with E-state index in [0.29, 0.717) is 0 Å². The summed E-state index contributed by atoms with van der Waals surface area (Å²) < 4.78 is 0. The van der Waals surface area contributed by atoms with Gasteiger partial charge in [0.2, 0.25) is 0 Å². The molecule has 0 fully saturated rings. The van der Waals surface area contributed by atoms with Crippen LogP contribution in [0.1, 0.15) is 22.3 Å². The number of hydrogen-bond acceptors (Lipinski definition) is 4. The summed E-state index contributed by atoms with van der Waals surface area (Å²) in [5, 5.41) is 43.9. The lowest BCUT2D eigenvalue weighted by molar-refractivity contribution is 0.473. The second kappa shape index (κ2) is 12.9. The lowest BCUT2D eigenvalue weighted by Gasteiger charge is -2.32. The molecule has 0 amide bonds. The zero-order valence-corrected chi connectivity index (χ0v) is 29.3. The fourth-order valence-electron chi connectivity index (χ4n) is 8.17. The first kappa shape index (κ1) is 32.8. The molecular weight excluding hydrogens is 665 g/mol. The molecule has 4 heteroatoms. The van der Waals surface area contributed by atoms with Crippen molar-refractivity contribution in [2.45, 2.75) is 10.8 Å². The first-order valence-corrected chi connectivity index (χ1v) is 18.0. The molecule has 0 unspecified atom stereocenters. The van der Waals surface area contributed by atoms with Gasteiger partial charge in [-0.25, -0.2) is 0 Å². The predicted octanol–water partition coefficient (Wildman–Crippen LogP) is 7.05. The van der Waals surface area contributed by atoms with Gasteiger partial charge < -0.3 is 20.4 Å². The number of phenols is 4. The van der Waals surface area contributed by atoms with Crippen LogP contribution in [-0.4, -0.2) is 20.4 Å². The van der Waals surface area contributed by atoms with E-state index in [2.05, 4.69) is 97.1 Å². The van der Waals surface area contributed by atoms with E-state index in [9.17, 15) is 20.4 Å². The Morgan fingerprint density at radius 1 is 0.333 bits per heavy atom. The second-order valence-electron chi connectivity index (χ2n) is 14.1. The van der Waals surface area contributed by atoms with Crippen molar-refractivity contribution in [1.29, 1.82) is 0 Å². The van der Waals surface area contributed by atoms with Gasteiger partial charge in [0.25, 0.3) is 0 Å². The molecule has 0 spiro atoms. The largest absolute Gasteiger partial charge is 0.508 e. The Kier molecular flexibility index (Phi) is 7.83. The minimum atomic E-state index is -0.460. The van der Waals surface area contributed by atoms with E-state index in [4.69, 9.17) is 0 Å². The smallest absolute Gasteiger partial charge is 0.115 e. The highest BCUT2D eigenvalue weighted by atomic mass is 16.3. The second-order valence-corrected chi connectivity index (χ2v) is 14.1. The van der Waals surface area contributed by atoms with Crippen LogP contribution in [0.5, 0.6) is 23.0 Å². The van der Waals surface area contributed by atoms with Crippen molar-refractivity contribution in [3.05, 3.63) is 236 Å². The first-order valence-electron chi connectivity index (χ1n) is 18.0. The van der Waals surface area contributed by atoms with E-state index < -0.39 is 10.8 Å². The van der Waals surface area contributed by atoms with Crippen molar-refractivity contribution in [2.75, 3.05) is 0 Å². The summed E-state index contributed by atoms with van der Waals surface area (Å²) in [5.41, 5.74) is 8.21. The van der Waals surface area contributed by atoms with E-state index in [1.165, 1.54) is 43.2 Å². The monoisotopic (exact) mass is 700 g/mol. The number of allylic oxidation sites excluding steroid dienone is 8. The number of aromatic hydroxyl groups is 4. The molecule has 0 heterocycles. The summed E-state index contributed by atoms with van der Waals surface area (Å²) in [5.74, 6) is 0.997. The van der Waals surface area contributed by atoms with Crippen LogP contribution in [0.15, 0.2) is 193 Å². The third-order valence-corrected chi connectivity index (χ3v) is 10.9. The Labute approximate surface area is 312 Å². The van der Waals surface area contributed by atoms with Gasteiger partial charge in [-0.1, -0.05) is 134 Å². The van der Waals surface area contributed by atoms with Crippen molar-refractivity contribution in [3.63, 3.8) is 0 Å². The molecule has 0 saturated heterocycles. The van der Waals surface area contributed by atoms with Gasteiger partial charge in [-0.15, -0.1) is 0 Å². The van der Waals surface area contributed by atoms with Crippen molar-refractivity contribution in [3.8, 4) is 23.0 Å². The van der Waals surface area contributed by atoms with Crippen LogP contribution >= 0.6 is 0 Å². The fraction of sp³-hybridized carbons (Fsp3) is 0.0400. The number of rotatable bonds is 4. The van der Waals surface area contributed by atoms with E-state index in [0.717, 1.165) is 22.3 Å². The Bertz CT molecular complexity index is 2530. The molecule has 6 aromatic carbocycles. The maximum atomic E-state index is 9.74. The third-order valence-electron chi connectivity index (χ3n) is 10.9. The Balaban J connectivity index is 0.000000142. The van der Waals surface area contributed by atoms with Gasteiger partial charge in [0.1, 0.15) is 23.0 Å². The first-order chi connectivity index (χ1) is 26.3. The normalized spacial score (nSPS) is 16.3. The maximum Gasteiger partial charge on any atom is 0.115 e. The van der Waals surface area contributed by atoms with Gasteiger partial charge in [-0.05, 0) is 126 Å². The highest BCUT2D eigenvalue weighted by molar-refractivity contribution is 5.91. The summed E-state index contributed by atoms with van der Waals surface area (Å²) >= 11 is 0. The molecule has 6 aromatic rings. The Morgan fingerprint density at radius 2 is 0.630 bits per heavy atom. The molecule has 4 aliphatic rings. The molecule has 54 heavy (non-hydrogen) atoms. The number of phenolic OH excluding ortho intramolecular Hbond substituents is 4. The minimum Gasteiger partial charge on any atom is -0.508 e. The lowest BCUT2D eigenvalue weighted by atomic mass is 9.70. The zero-order valence-electron chi connectivity index (χ0n) is 29.3. The van der Waals surface area contributed by atoms with Gasteiger partial charge >= 0.3 is 0 Å². The van der Waals surface area contributed by atoms with Crippen LogP contribution < -0.4 is 20.9 Å². The third kappa shape index (κ3) is 5.56. The Morgan fingerprint density at radius 3 is 0.944 bits per heavy atom. The average molecular weight is 701 g/mol. The standard InChI is InChI=1S/2C25H18O2/c2*26-21-9-5-19(6-10-21)25(20-7-11-22(27)12-8-20)14-13-24-18(16-25)15-17-3-1-2-4-23(17)24/h2*1-16,26-27H. The molecule has 0 saturated carbocycles. The van der Waals surface area contributed by atoms with E-state index in [1.807, 2.05) is 48.5 Å². The Hall–Kier alpha value is -7.04. The van der Waals surface area contributed by atoms with Crippen molar-refractivity contribution in [1.82, 2.24) is 0 Å². The average Bonchev–Trinajstić information content (AvgIpc) is 3.76. The maximum absolute atomic E-state index is 9.74. The highest BCUT2D eigenvalue weighted by Gasteiger charge is 2.35. The van der Waals surface area contributed by atoms with Gasteiger partial charge in [-0.3, -0.25) is 0 Å². The van der Waals surface area contributed by atoms with Gasteiger partial charge in [-0.2, -0.15) is 0 Å².